The molecule has 0 spiro atoms. The fourth-order valence-corrected chi connectivity index (χ4v) is 9.16. The molecule has 3 fully saturated rings. The van der Waals surface area contributed by atoms with Gasteiger partial charge >= 0.3 is 5.97 Å². The van der Waals surface area contributed by atoms with Crippen molar-refractivity contribution in [3.8, 4) is 0 Å². The first-order valence-corrected chi connectivity index (χ1v) is 15.2. The van der Waals surface area contributed by atoms with Gasteiger partial charge in [-0.2, -0.15) is 0 Å². The minimum absolute atomic E-state index is 0.0608. The Morgan fingerprint density at radius 1 is 1.14 bits per heavy atom. The number of hydrogen-bond acceptors (Lipinski definition) is 3. The van der Waals surface area contributed by atoms with Crippen LogP contribution < -0.4 is 0 Å². The molecule has 200 valence electrons. The number of imidazole rings is 1. The van der Waals surface area contributed by atoms with Crippen LogP contribution in [0.2, 0.25) is 0 Å². The van der Waals surface area contributed by atoms with Crippen molar-refractivity contribution < 1.29 is 9.53 Å². The number of esters is 1. The maximum Gasteiger partial charge on any atom is 0.306 e. The number of unbranched alkanes of at least 4 members (excludes halogenated alkanes) is 1. The van der Waals surface area contributed by atoms with Crippen molar-refractivity contribution in [1.29, 1.82) is 0 Å². The Bertz CT molecular complexity index is 921. The highest BCUT2D eigenvalue weighted by molar-refractivity contribution is 5.69. The van der Waals surface area contributed by atoms with Gasteiger partial charge in [-0.05, 0) is 98.2 Å². The Kier molecular flexibility index (Phi) is 7.71. The number of allylic oxidation sites excluding steroid dienone is 1. The summed E-state index contributed by atoms with van der Waals surface area (Å²) in [4.78, 5) is 19.6. The van der Waals surface area contributed by atoms with E-state index in [0.717, 1.165) is 48.1 Å². The molecule has 4 aliphatic carbocycles. The number of fused-ring (bicyclic) bond motifs is 5. The van der Waals surface area contributed by atoms with Crippen LogP contribution in [0.4, 0.5) is 0 Å². The number of nitrogens with zero attached hydrogens (tertiary/aromatic N) is 1. The molecule has 36 heavy (non-hydrogen) atoms. The second-order valence-electron chi connectivity index (χ2n) is 13.7. The van der Waals surface area contributed by atoms with Crippen LogP contribution in [-0.4, -0.2) is 22.0 Å². The van der Waals surface area contributed by atoms with Crippen LogP contribution in [0.1, 0.15) is 117 Å². The average Bonchev–Trinajstić information content (AvgIpc) is 3.48. The summed E-state index contributed by atoms with van der Waals surface area (Å²) in [6.07, 6.45) is 23.1. The summed E-state index contributed by atoms with van der Waals surface area (Å²) in [5.74, 6) is 4.34. The normalized spacial score (nSPS) is 37.7. The molecule has 4 nitrogen and oxygen atoms in total. The largest absolute Gasteiger partial charge is 0.462 e. The van der Waals surface area contributed by atoms with Crippen molar-refractivity contribution in [3.05, 3.63) is 29.9 Å². The molecule has 4 aliphatic rings. The molecular formula is C32H50N2O2. The maximum atomic E-state index is 12.5. The highest BCUT2D eigenvalue weighted by atomic mass is 16.5. The zero-order valence-corrected chi connectivity index (χ0v) is 23.4. The molecule has 7 atom stereocenters. The Morgan fingerprint density at radius 2 is 2.00 bits per heavy atom. The molecule has 0 aliphatic heterocycles. The zero-order chi connectivity index (χ0) is 25.3. The standard InChI is InChI=1S/C32H50N2O2/c1-22(2)7-5-6-8-23-10-13-28-27-12-9-24-19-26(36-30(35)14-11-25-20-33-21-34-25)15-17-32(24,4)29(27)16-18-31(23,28)3/h9,20-23,26-29H,5-8,10-19H2,1-4H3,(H,33,34)/t23-,26?,27?,28?,29?,31?,32-/m0/s1. The van der Waals surface area contributed by atoms with Gasteiger partial charge in [0.1, 0.15) is 6.10 Å². The molecule has 1 aromatic heterocycles. The molecule has 1 aromatic rings. The lowest BCUT2D eigenvalue weighted by Gasteiger charge is -2.58. The quantitative estimate of drug-likeness (QED) is 0.215. The van der Waals surface area contributed by atoms with Crippen LogP contribution in [-0.2, 0) is 16.0 Å². The van der Waals surface area contributed by atoms with Gasteiger partial charge in [-0.25, -0.2) is 4.98 Å². The summed E-state index contributed by atoms with van der Waals surface area (Å²) in [5, 5.41) is 0. The van der Waals surface area contributed by atoms with Crippen molar-refractivity contribution in [2.45, 2.75) is 124 Å². The third-order valence-corrected chi connectivity index (χ3v) is 11.3. The van der Waals surface area contributed by atoms with Gasteiger partial charge < -0.3 is 9.72 Å². The van der Waals surface area contributed by atoms with Gasteiger partial charge in [-0.3, -0.25) is 4.79 Å². The Hall–Kier alpha value is -1.58. The Balaban J connectivity index is 1.18. The fraction of sp³-hybridized carbons (Fsp3) is 0.812. The molecule has 0 radical (unpaired) electrons. The second-order valence-corrected chi connectivity index (χ2v) is 13.7. The average molecular weight is 495 g/mol. The number of nitrogens with one attached hydrogen (secondary N) is 1. The number of ether oxygens (including phenoxy) is 1. The van der Waals surface area contributed by atoms with Gasteiger partial charge in [-0.1, -0.05) is 58.6 Å². The van der Waals surface area contributed by atoms with Crippen LogP contribution in [0.15, 0.2) is 24.2 Å². The predicted molar refractivity (Wildman–Crippen MR) is 145 cm³/mol. The summed E-state index contributed by atoms with van der Waals surface area (Å²) in [5.41, 5.74) is 3.49. The summed E-state index contributed by atoms with van der Waals surface area (Å²) in [7, 11) is 0. The number of rotatable bonds is 9. The lowest BCUT2D eigenvalue weighted by Crippen LogP contribution is -2.50. The Morgan fingerprint density at radius 3 is 2.78 bits per heavy atom. The van der Waals surface area contributed by atoms with Crippen molar-refractivity contribution in [2.24, 2.45) is 40.4 Å². The van der Waals surface area contributed by atoms with Crippen molar-refractivity contribution in [1.82, 2.24) is 9.97 Å². The fourth-order valence-electron chi connectivity index (χ4n) is 9.16. The van der Waals surface area contributed by atoms with Crippen molar-refractivity contribution in [2.75, 3.05) is 0 Å². The molecule has 0 bridgehead atoms. The molecule has 1 N–H and O–H groups in total. The highest BCUT2D eigenvalue weighted by Crippen LogP contribution is 2.66. The second kappa shape index (κ2) is 10.7. The lowest BCUT2D eigenvalue weighted by atomic mass is 9.47. The van der Waals surface area contributed by atoms with E-state index in [2.05, 4.69) is 43.7 Å². The van der Waals surface area contributed by atoms with Gasteiger partial charge in [0, 0.05) is 18.3 Å². The van der Waals surface area contributed by atoms with Crippen LogP contribution in [0.5, 0.6) is 0 Å². The number of aromatic amines is 1. The van der Waals surface area contributed by atoms with Crippen molar-refractivity contribution >= 4 is 5.97 Å². The van der Waals surface area contributed by atoms with E-state index < -0.39 is 0 Å². The van der Waals surface area contributed by atoms with Crippen LogP contribution >= 0.6 is 0 Å². The maximum absolute atomic E-state index is 12.5. The number of H-pyrrole nitrogens is 1. The molecule has 5 unspecified atom stereocenters. The molecular weight excluding hydrogens is 444 g/mol. The molecule has 1 heterocycles. The zero-order valence-electron chi connectivity index (χ0n) is 23.4. The van der Waals surface area contributed by atoms with Crippen LogP contribution in [0, 0.1) is 40.4 Å². The number of hydrogen-bond donors (Lipinski definition) is 1. The van der Waals surface area contributed by atoms with E-state index in [4.69, 9.17) is 4.74 Å². The summed E-state index contributed by atoms with van der Waals surface area (Å²) >= 11 is 0. The van der Waals surface area contributed by atoms with Gasteiger partial charge in [0.05, 0.1) is 12.7 Å². The van der Waals surface area contributed by atoms with E-state index in [0.29, 0.717) is 23.7 Å². The van der Waals surface area contributed by atoms with Crippen LogP contribution in [0.3, 0.4) is 0 Å². The first-order valence-electron chi connectivity index (χ1n) is 15.2. The molecule has 0 aromatic carbocycles. The molecule has 0 amide bonds. The van der Waals surface area contributed by atoms with Gasteiger partial charge in [-0.15, -0.1) is 0 Å². The van der Waals surface area contributed by atoms with Gasteiger partial charge in [0.15, 0.2) is 0 Å². The third kappa shape index (κ3) is 5.07. The van der Waals surface area contributed by atoms with E-state index in [9.17, 15) is 4.79 Å². The van der Waals surface area contributed by atoms with E-state index in [1.54, 1.807) is 18.1 Å². The van der Waals surface area contributed by atoms with Crippen molar-refractivity contribution in [3.63, 3.8) is 0 Å². The minimum atomic E-state index is -0.0636. The monoisotopic (exact) mass is 494 g/mol. The van der Waals surface area contributed by atoms with Gasteiger partial charge in [0.2, 0.25) is 0 Å². The van der Waals surface area contributed by atoms with E-state index in [1.165, 1.54) is 64.2 Å². The smallest absolute Gasteiger partial charge is 0.306 e. The summed E-state index contributed by atoms with van der Waals surface area (Å²) in [6, 6.07) is 0. The van der Waals surface area contributed by atoms with Crippen LogP contribution in [0.25, 0.3) is 0 Å². The topological polar surface area (TPSA) is 55.0 Å². The molecule has 5 rings (SSSR count). The number of carbonyl (C=O) groups is 1. The van der Waals surface area contributed by atoms with E-state index >= 15 is 0 Å². The lowest BCUT2D eigenvalue weighted by molar-refractivity contribution is -0.151. The van der Waals surface area contributed by atoms with E-state index in [-0.39, 0.29) is 12.1 Å². The number of aryl methyl sites for hydroxylation is 1. The number of carbonyl (C=O) groups excluding carboxylic acids is 1. The summed E-state index contributed by atoms with van der Waals surface area (Å²) < 4.78 is 5.97. The minimum Gasteiger partial charge on any atom is -0.462 e. The Labute approximate surface area is 219 Å². The summed E-state index contributed by atoms with van der Waals surface area (Å²) in [6.45, 7) is 9.96. The highest BCUT2D eigenvalue weighted by Gasteiger charge is 2.58. The van der Waals surface area contributed by atoms with Gasteiger partial charge in [0.25, 0.3) is 0 Å². The third-order valence-electron chi connectivity index (χ3n) is 11.3. The van der Waals surface area contributed by atoms with E-state index in [1.807, 2.05) is 0 Å². The SMILES string of the molecule is CC(C)CCCC[C@H]1CCC2C3CC=C4CC(OC(=O)CCc5cnc[nH]5)CC[C@]4(C)C3CCC21C. The number of aromatic nitrogens is 2. The molecule has 3 saturated carbocycles. The first-order chi connectivity index (χ1) is 17.3. The molecule has 4 heteroatoms. The first kappa shape index (κ1) is 26.0. The molecule has 0 saturated heterocycles. The predicted octanol–water partition coefficient (Wildman–Crippen LogP) is 8.05.